The number of halogens is 1. The molecule has 138 valence electrons. The van der Waals surface area contributed by atoms with E-state index in [1.54, 1.807) is 12.1 Å². The second-order valence-corrected chi connectivity index (χ2v) is 6.39. The van der Waals surface area contributed by atoms with E-state index in [4.69, 9.17) is 21.1 Å². The van der Waals surface area contributed by atoms with Gasteiger partial charge in [-0.05, 0) is 29.8 Å². The first-order valence-electron chi connectivity index (χ1n) is 8.62. The molecular weight excluding hydrogens is 354 g/mol. The van der Waals surface area contributed by atoms with E-state index < -0.39 is 0 Å². The second-order valence-electron chi connectivity index (χ2n) is 6.00. The van der Waals surface area contributed by atoms with Crippen LogP contribution in [-0.4, -0.2) is 55.2 Å². The number of rotatable bonds is 7. The number of amides is 1. The Morgan fingerprint density at radius 3 is 2.92 bits per heavy atom. The monoisotopic (exact) mass is 375 g/mol. The van der Waals surface area contributed by atoms with Gasteiger partial charge in [0, 0.05) is 37.9 Å². The Morgan fingerprint density at radius 1 is 1.27 bits per heavy atom. The summed E-state index contributed by atoms with van der Waals surface area (Å²) in [7, 11) is 0. The van der Waals surface area contributed by atoms with Gasteiger partial charge in [0.05, 0.1) is 13.2 Å². The molecule has 26 heavy (non-hydrogen) atoms. The van der Waals surface area contributed by atoms with Crippen molar-refractivity contribution < 1.29 is 14.3 Å². The van der Waals surface area contributed by atoms with Crippen molar-refractivity contribution in [2.75, 3.05) is 39.5 Å². The molecule has 0 aliphatic carbocycles. The number of hydrogen-bond acceptors (Lipinski definition) is 5. The molecule has 2 heterocycles. The molecule has 0 unspecified atom stereocenters. The minimum Gasteiger partial charge on any atom is -0.492 e. The van der Waals surface area contributed by atoms with Crippen LogP contribution in [0.1, 0.15) is 15.9 Å². The van der Waals surface area contributed by atoms with Crippen molar-refractivity contribution in [2.24, 2.45) is 0 Å². The maximum atomic E-state index is 12.2. The Morgan fingerprint density at radius 2 is 2.12 bits per heavy atom. The number of benzene rings is 1. The van der Waals surface area contributed by atoms with Crippen LogP contribution in [0.15, 0.2) is 42.6 Å². The third-order valence-corrected chi connectivity index (χ3v) is 4.33. The maximum Gasteiger partial charge on any atom is 0.251 e. The van der Waals surface area contributed by atoms with Crippen LogP contribution >= 0.6 is 11.6 Å². The molecule has 1 aliphatic rings. The number of ether oxygens (including phenoxy) is 2. The normalized spacial score (nSPS) is 14.8. The van der Waals surface area contributed by atoms with Gasteiger partial charge in [0.2, 0.25) is 0 Å². The molecule has 0 atom stereocenters. The van der Waals surface area contributed by atoms with E-state index >= 15 is 0 Å². The fourth-order valence-corrected chi connectivity index (χ4v) is 2.86. The van der Waals surface area contributed by atoms with Gasteiger partial charge >= 0.3 is 0 Å². The van der Waals surface area contributed by atoms with Crippen LogP contribution in [0.5, 0.6) is 5.75 Å². The number of carbonyl (C=O) groups is 1. The molecule has 1 N–H and O–H groups in total. The van der Waals surface area contributed by atoms with Gasteiger partial charge in [0.25, 0.3) is 5.91 Å². The number of nitrogens with one attached hydrogen (secondary N) is 1. The lowest BCUT2D eigenvalue weighted by Gasteiger charge is -2.26. The molecule has 1 aromatic carbocycles. The van der Waals surface area contributed by atoms with Gasteiger partial charge in [-0.15, -0.1) is 0 Å². The third kappa shape index (κ3) is 5.69. The average Bonchev–Trinajstić information content (AvgIpc) is 2.67. The van der Waals surface area contributed by atoms with Crippen molar-refractivity contribution in [1.29, 1.82) is 0 Å². The van der Waals surface area contributed by atoms with Crippen molar-refractivity contribution >= 4 is 17.5 Å². The summed E-state index contributed by atoms with van der Waals surface area (Å²) in [6, 6.07) is 10.9. The molecule has 1 aliphatic heterocycles. The minimum absolute atomic E-state index is 0.187. The van der Waals surface area contributed by atoms with Gasteiger partial charge < -0.3 is 14.8 Å². The summed E-state index contributed by atoms with van der Waals surface area (Å²) in [6.07, 6.45) is 1.51. The largest absolute Gasteiger partial charge is 0.492 e. The third-order valence-electron chi connectivity index (χ3n) is 4.12. The highest BCUT2D eigenvalue weighted by atomic mass is 35.5. The summed E-state index contributed by atoms with van der Waals surface area (Å²) in [4.78, 5) is 18.4. The van der Waals surface area contributed by atoms with Crippen LogP contribution in [0.3, 0.4) is 0 Å². The lowest BCUT2D eigenvalue weighted by Crippen LogP contribution is -2.38. The molecule has 1 fully saturated rings. The van der Waals surface area contributed by atoms with E-state index in [0.717, 1.165) is 44.2 Å². The number of hydrogen-bond donors (Lipinski definition) is 1. The maximum absolute atomic E-state index is 12.2. The molecule has 2 aromatic rings. The van der Waals surface area contributed by atoms with E-state index in [9.17, 15) is 4.79 Å². The molecular formula is C19H22ClN3O3. The first-order valence-corrected chi connectivity index (χ1v) is 9.00. The number of carbonyl (C=O) groups excluding carboxylic acids is 1. The van der Waals surface area contributed by atoms with Crippen LogP contribution in [0.25, 0.3) is 0 Å². The fraction of sp³-hybridized carbons (Fsp3) is 0.368. The second kappa shape index (κ2) is 9.52. The molecule has 6 nitrogen and oxygen atoms in total. The molecule has 1 aromatic heterocycles. The molecule has 1 saturated heterocycles. The lowest BCUT2D eigenvalue weighted by atomic mass is 10.2. The van der Waals surface area contributed by atoms with Crippen LogP contribution < -0.4 is 10.1 Å². The minimum atomic E-state index is -0.187. The molecule has 0 spiro atoms. The summed E-state index contributed by atoms with van der Waals surface area (Å²) in [6.45, 7) is 5.41. The average molecular weight is 376 g/mol. The number of nitrogens with zero attached hydrogens (tertiary/aromatic N) is 2. The standard InChI is InChI=1S/C19H22ClN3O3/c20-18-13-16(4-5-21-18)19(24)22-14-15-2-1-3-17(12-15)26-11-8-23-6-9-25-10-7-23/h1-5,12-13H,6-11,14H2,(H,22,24). The van der Waals surface area contributed by atoms with E-state index in [-0.39, 0.29) is 5.91 Å². The SMILES string of the molecule is O=C(NCc1cccc(OCCN2CCOCC2)c1)c1ccnc(Cl)c1. The van der Waals surface area contributed by atoms with Crippen molar-refractivity contribution in [1.82, 2.24) is 15.2 Å². The van der Waals surface area contributed by atoms with Crippen LogP contribution in [0, 0.1) is 0 Å². The predicted octanol–water partition coefficient (Wildman–Crippen LogP) is 2.38. The van der Waals surface area contributed by atoms with Gasteiger partial charge in [0.1, 0.15) is 17.5 Å². The van der Waals surface area contributed by atoms with Gasteiger partial charge in [-0.3, -0.25) is 9.69 Å². The fourth-order valence-electron chi connectivity index (χ4n) is 2.69. The summed E-state index contributed by atoms with van der Waals surface area (Å²) >= 11 is 5.81. The van der Waals surface area contributed by atoms with Crippen molar-refractivity contribution in [2.45, 2.75) is 6.54 Å². The highest BCUT2D eigenvalue weighted by molar-refractivity contribution is 6.29. The van der Waals surface area contributed by atoms with E-state index in [1.165, 1.54) is 6.20 Å². The summed E-state index contributed by atoms with van der Waals surface area (Å²) in [5.41, 5.74) is 1.46. The zero-order valence-corrected chi connectivity index (χ0v) is 15.2. The molecule has 3 rings (SSSR count). The summed E-state index contributed by atoms with van der Waals surface area (Å²) in [5.74, 6) is 0.616. The number of aromatic nitrogens is 1. The van der Waals surface area contributed by atoms with E-state index in [2.05, 4.69) is 15.2 Å². The highest BCUT2D eigenvalue weighted by Gasteiger charge is 2.10. The topological polar surface area (TPSA) is 63.7 Å². The Balaban J connectivity index is 1.46. The first kappa shape index (κ1) is 18.6. The molecule has 7 heteroatoms. The molecule has 1 amide bonds. The zero-order chi connectivity index (χ0) is 18.2. The van der Waals surface area contributed by atoms with Gasteiger partial charge in [-0.2, -0.15) is 0 Å². The van der Waals surface area contributed by atoms with E-state index in [0.29, 0.717) is 23.9 Å². The number of pyridine rings is 1. The Labute approximate surface area is 158 Å². The quantitative estimate of drug-likeness (QED) is 0.753. The van der Waals surface area contributed by atoms with Gasteiger partial charge in [-0.25, -0.2) is 4.98 Å². The van der Waals surface area contributed by atoms with Crippen molar-refractivity contribution in [3.05, 3.63) is 58.9 Å². The Bertz CT molecular complexity index is 735. The summed E-state index contributed by atoms with van der Waals surface area (Å²) in [5, 5.41) is 3.17. The smallest absolute Gasteiger partial charge is 0.251 e. The van der Waals surface area contributed by atoms with Gasteiger partial charge in [0.15, 0.2) is 0 Å². The molecule has 0 bridgehead atoms. The Kier molecular flexibility index (Phi) is 6.82. The highest BCUT2D eigenvalue weighted by Crippen LogP contribution is 2.14. The number of morpholine rings is 1. The van der Waals surface area contributed by atoms with Crippen LogP contribution in [0.2, 0.25) is 5.15 Å². The first-order chi connectivity index (χ1) is 12.7. The van der Waals surface area contributed by atoms with Crippen LogP contribution in [0.4, 0.5) is 0 Å². The zero-order valence-electron chi connectivity index (χ0n) is 14.5. The van der Waals surface area contributed by atoms with Crippen molar-refractivity contribution in [3.63, 3.8) is 0 Å². The molecule has 0 saturated carbocycles. The summed E-state index contributed by atoms with van der Waals surface area (Å²) < 4.78 is 11.2. The Hall–Kier alpha value is -2.15. The van der Waals surface area contributed by atoms with Crippen molar-refractivity contribution in [3.8, 4) is 5.75 Å². The predicted molar refractivity (Wildman–Crippen MR) is 99.6 cm³/mol. The van der Waals surface area contributed by atoms with Gasteiger partial charge in [-0.1, -0.05) is 23.7 Å². The lowest BCUT2D eigenvalue weighted by molar-refractivity contribution is 0.0322. The van der Waals surface area contributed by atoms with Crippen LogP contribution in [-0.2, 0) is 11.3 Å². The van der Waals surface area contributed by atoms with E-state index in [1.807, 2.05) is 24.3 Å². The molecule has 0 radical (unpaired) electrons.